The fourth-order valence-electron chi connectivity index (χ4n) is 2.19. The average molecular weight is 353 g/mol. The Morgan fingerprint density at radius 1 is 1.42 bits per heavy atom. The van der Waals surface area contributed by atoms with E-state index in [4.69, 9.17) is 27.5 Å². The van der Waals surface area contributed by atoms with Gasteiger partial charge in [0.1, 0.15) is 6.54 Å². The maximum absolute atomic E-state index is 12.6. The molecule has 1 heterocycles. The standard InChI is InChI=1S/C15H17ClN4O4/c16-13-12(9-3-1-4-10(17)7-9)20(8-11(22)23)15(24)14(19-13)18-5-2-6-21/h1,3-4,7,21H,2,5-6,8,17H2,(H,18,19)(H,22,23). The van der Waals surface area contributed by atoms with Gasteiger partial charge in [0.15, 0.2) is 11.0 Å². The number of nitrogens with one attached hydrogen (secondary N) is 1. The van der Waals surface area contributed by atoms with Gasteiger partial charge in [-0.1, -0.05) is 23.7 Å². The second kappa shape index (κ2) is 7.80. The summed E-state index contributed by atoms with van der Waals surface area (Å²) in [6.07, 6.45) is 0.411. The highest BCUT2D eigenvalue weighted by Gasteiger charge is 2.19. The first-order chi connectivity index (χ1) is 11.4. The van der Waals surface area contributed by atoms with E-state index in [-0.39, 0.29) is 23.3 Å². The van der Waals surface area contributed by atoms with Crippen LogP contribution < -0.4 is 16.6 Å². The van der Waals surface area contributed by atoms with Crippen LogP contribution in [0.15, 0.2) is 29.1 Å². The van der Waals surface area contributed by atoms with E-state index >= 15 is 0 Å². The van der Waals surface area contributed by atoms with Gasteiger partial charge in [0.05, 0.1) is 5.69 Å². The van der Waals surface area contributed by atoms with Crippen molar-refractivity contribution < 1.29 is 15.0 Å². The number of aliphatic hydroxyl groups is 1. The molecule has 0 fully saturated rings. The summed E-state index contributed by atoms with van der Waals surface area (Å²) in [5.74, 6) is -1.26. The second-order valence-corrected chi connectivity index (χ2v) is 5.37. The topological polar surface area (TPSA) is 130 Å². The van der Waals surface area contributed by atoms with Gasteiger partial charge in [0.2, 0.25) is 0 Å². The fourth-order valence-corrected chi connectivity index (χ4v) is 2.48. The lowest BCUT2D eigenvalue weighted by molar-refractivity contribution is -0.137. The second-order valence-electron chi connectivity index (χ2n) is 5.01. The zero-order valence-corrected chi connectivity index (χ0v) is 13.5. The number of nitrogen functional groups attached to an aromatic ring is 1. The molecule has 0 spiro atoms. The third-order valence-corrected chi connectivity index (χ3v) is 3.47. The Labute approximate surface area is 142 Å². The van der Waals surface area contributed by atoms with E-state index in [2.05, 4.69) is 10.3 Å². The van der Waals surface area contributed by atoms with E-state index in [0.29, 0.717) is 24.2 Å². The van der Waals surface area contributed by atoms with Gasteiger partial charge in [0, 0.05) is 24.4 Å². The van der Waals surface area contributed by atoms with Crippen LogP contribution in [0.25, 0.3) is 11.3 Å². The molecular weight excluding hydrogens is 336 g/mol. The largest absolute Gasteiger partial charge is 0.480 e. The first-order valence-electron chi connectivity index (χ1n) is 7.16. The number of halogens is 1. The monoisotopic (exact) mass is 352 g/mol. The van der Waals surface area contributed by atoms with Crippen LogP contribution in [-0.4, -0.2) is 38.9 Å². The maximum atomic E-state index is 12.6. The molecule has 0 unspecified atom stereocenters. The number of aliphatic hydroxyl groups excluding tert-OH is 1. The molecule has 0 aliphatic heterocycles. The van der Waals surface area contributed by atoms with E-state index in [0.717, 1.165) is 4.57 Å². The number of anilines is 2. The number of nitrogens with zero attached hydrogens (tertiary/aromatic N) is 2. The van der Waals surface area contributed by atoms with Gasteiger partial charge in [-0.25, -0.2) is 4.98 Å². The third-order valence-electron chi connectivity index (χ3n) is 3.20. The van der Waals surface area contributed by atoms with Crippen LogP contribution in [0.4, 0.5) is 11.5 Å². The summed E-state index contributed by atoms with van der Waals surface area (Å²) in [7, 11) is 0. The number of rotatable bonds is 7. The summed E-state index contributed by atoms with van der Waals surface area (Å²) in [6, 6.07) is 6.58. The van der Waals surface area contributed by atoms with Crippen LogP contribution in [0.2, 0.25) is 5.15 Å². The van der Waals surface area contributed by atoms with Gasteiger partial charge < -0.3 is 21.3 Å². The van der Waals surface area contributed by atoms with Crippen molar-refractivity contribution in [3.05, 3.63) is 39.8 Å². The molecule has 0 amide bonds. The van der Waals surface area contributed by atoms with Gasteiger partial charge in [-0.05, 0) is 18.6 Å². The van der Waals surface area contributed by atoms with Crippen molar-refractivity contribution >= 4 is 29.1 Å². The zero-order valence-electron chi connectivity index (χ0n) is 12.7. The van der Waals surface area contributed by atoms with Crippen LogP contribution in [0.3, 0.4) is 0 Å². The Morgan fingerprint density at radius 3 is 2.79 bits per heavy atom. The number of hydrogen-bond acceptors (Lipinski definition) is 6. The molecule has 9 heteroatoms. The number of nitrogens with two attached hydrogens (primary N) is 1. The molecule has 2 rings (SSSR count). The summed E-state index contributed by atoms with van der Waals surface area (Å²) in [4.78, 5) is 27.7. The van der Waals surface area contributed by atoms with E-state index in [1.807, 2.05) is 0 Å². The van der Waals surface area contributed by atoms with Gasteiger partial charge in [-0.3, -0.25) is 14.2 Å². The normalized spacial score (nSPS) is 10.6. The third kappa shape index (κ3) is 4.03. The molecule has 1 aromatic heterocycles. The number of carboxylic acid groups (broad SMARTS) is 1. The molecule has 0 atom stereocenters. The molecule has 0 saturated carbocycles. The minimum Gasteiger partial charge on any atom is -0.480 e. The highest BCUT2D eigenvalue weighted by molar-refractivity contribution is 6.32. The Balaban J connectivity index is 2.59. The molecule has 5 N–H and O–H groups in total. The summed E-state index contributed by atoms with van der Waals surface area (Å²) in [5.41, 5.74) is 6.25. The van der Waals surface area contributed by atoms with Crippen LogP contribution in [0.5, 0.6) is 0 Å². The van der Waals surface area contributed by atoms with Crippen molar-refractivity contribution in [2.45, 2.75) is 13.0 Å². The van der Waals surface area contributed by atoms with E-state index < -0.39 is 18.1 Å². The Bertz CT molecular complexity index is 807. The Kier molecular flexibility index (Phi) is 5.78. The molecule has 2 aromatic rings. The van der Waals surface area contributed by atoms with Crippen molar-refractivity contribution in [3.63, 3.8) is 0 Å². The minimum atomic E-state index is -1.19. The van der Waals surface area contributed by atoms with Gasteiger partial charge in [0.25, 0.3) is 5.56 Å². The lowest BCUT2D eigenvalue weighted by Gasteiger charge is -2.15. The first kappa shape index (κ1) is 17.8. The highest BCUT2D eigenvalue weighted by Crippen LogP contribution is 2.27. The Hall–Kier alpha value is -2.58. The van der Waals surface area contributed by atoms with Crippen molar-refractivity contribution in [1.82, 2.24) is 9.55 Å². The van der Waals surface area contributed by atoms with Crippen LogP contribution in [-0.2, 0) is 11.3 Å². The van der Waals surface area contributed by atoms with Gasteiger partial charge >= 0.3 is 5.97 Å². The lowest BCUT2D eigenvalue weighted by atomic mass is 10.1. The SMILES string of the molecule is Nc1cccc(-c2c(Cl)nc(NCCCO)c(=O)n2CC(=O)O)c1. The van der Waals surface area contributed by atoms with Crippen molar-refractivity contribution in [3.8, 4) is 11.3 Å². The zero-order chi connectivity index (χ0) is 17.7. The fraction of sp³-hybridized carbons (Fsp3) is 0.267. The van der Waals surface area contributed by atoms with E-state index in [9.17, 15) is 9.59 Å². The number of hydrogen-bond donors (Lipinski definition) is 4. The molecule has 0 bridgehead atoms. The van der Waals surface area contributed by atoms with E-state index in [1.165, 1.54) is 0 Å². The van der Waals surface area contributed by atoms with Crippen LogP contribution >= 0.6 is 11.6 Å². The summed E-state index contributed by atoms with van der Waals surface area (Å²) >= 11 is 6.20. The number of aromatic nitrogens is 2. The van der Waals surface area contributed by atoms with Gasteiger partial charge in [-0.15, -0.1) is 0 Å². The molecule has 0 saturated heterocycles. The molecule has 0 aliphatic rings. The molecular formula is C15H17ClN4O4. The number of carbonyl (C=O) groups is 1. The number of benzene rings is 1. The number of carboxylic acids is 1. The summed E-state index contributed by atoms with van der Waals surface area (Å²) < 4.78 is 1.04. The molecule has 24 heavy (non-hydrogen) atoms. The van der Waals surface area contributed by atoms with Crippen LogP contribution in [0.1, 0.15) is 6.42 Å². The quantitative estimate of drug-likeness (QED) is 0.432. The van der Waals surface area contributed by atoms with Gasteiger partial charge in [-0.2, -0.15) is 0 Å². The lowest BCUT2D eigenvalue weighted by Crippen LogP contribution is -2.30. The maximum Gasteiger partial charge on any atom is 0.323 e. The minimum absolute atomic E-state index is 0.0204. The molecule has 1 aromatic carbocycles. The van der Waals surface area contributed by atoms with Crippen LogP contribution in [0, 0.1) is 0 Å². The number of aliphatic carboxylic acids is 1. The predicted molar refractivity (Wildman–Crippen MR) is 91.2 cm³/mol. The summed E-state index contributed by atoms with van der Waals surface area (Å²) in [6.45, 7) is -0.314. The predicted octanol–water partition coefficient (Wildman–Crippen LogP) is 1.02. The Morgan fingerprint density at radius 2 is 2.17 bits per heavy atom. The molecule has 0 aliphatic carbocycles. The van der Waals surface area contributed by atoms with Crippen molar-refractivity contribution in [1.29, 1.82) is 0 Å². The van der Waals surface area contributed by atoms with Crippen molar-refractivity contribution in [2.24, 2.45) is 0 Å². The smallest absolute Gasteiger partial charge is 0.323 e. The highest BCUT2D eigenvalue weighted by atomic mass is 35.5. The molecule has 0 radical (unpaired) electrons. The summed E-state index contributed by atoms with van der Waals surface area (Å²) in [5, 5.41) is 20.6. The molecule has 8 nitrogen and oxygen atoms in total. The first-order valence-corrected chi connectivity index (χ1v) is 7.54. The molecule has 128 valence electrons. The van der Waals surface area contributed by atoms with Crippen molar-refractivity contribution in [2.75, 3.05) is 24.2 Å². The van der Waals surface area contributed by atoms with E-state index in [1.54, 1.807) is 24.3 Å². The average Bonchev–Trinajstić information content (AvgIpc) is 2.51.